The Morgan fingerprint density at radius 3 is 2.95 bits per heavy atom. The Hall–Kier alpha value is -0.870. The van der Waals surface area contributed by atoms with E-state index in [1.807, 2.05) is 25.1 Å². The van der Waals surface area contributed by atoms with Crippen LogP contribution in [0.1, 0.15) is 37.0 Å². The average molecular weight is 326 g/mol. The van der Waals surface area contributed by atoms with Gasteiger partial charge in [0.1, 0.15) is 0 Å². The lowest BCUT2D eigenvalue weighted by molar-refractivity contribution is 0.0526. The van der Waals surface area contributed by atoms with Gasteiger partial charge >= 0.3 is 0 Å². The highest BCUT2D eigenvalue weighted by Gasteiger charge is 2.20. The Morgan fingerprint density at radius 2 is 2.32 bits per heavy atom. The molecule has 1 aromatic rings. The van der Waals surface area contributed by atoms with E-state index >= 15 is 0 Å². The Balaban J connectivity index is 2.13. The maximum atomic E-state index is 11.4. The first kappa shape index (κ1) is 14.5. The number of nitrogens with zero attached hydrogens (tertiary/aromatic N) is 1. The fourth-order valence-electron chi connectivity index (χ4n) is 2.53. The molecule has 3 nitrogen and oxygen atoms in total. The maximum absolute atomic E-state index is 11.4. The van der Waals surface area contributed by atoms with Crippen LogP contribution in [0, 0.1) is 0 Å². The zero-order chi connectivity index (χ0) is 13.8. The van der Waals surface area contributed by atoms with E-state index in [1.54, 1.807) is 6.92 Å². The first-order valence-electron chi connectivity index (χ1n) is 6.79. The summed E-state index contributed by atoms with van der Waals surface area (Å²) in [5.41, 5.74) is 1.89. The van der Waals surface area contributed by atoms with Crippen LogP contribution in [0.15, 0.2) is 22.7 Å². The zero-order valence-corrected chi connectivity index (χ0v) is 13.1. The van der Waals surface area contributed by atoms with E-state index in [1.165, 1.54) is 0 Å². The van der Waals surface area contributed by atoms with E-state index in [-0.39, 0.29) is 5.78 Å². The van der Waals surface area contributed by atoms with Crippen molar-refractivity contribution in [1.29, 1.82) is 0 Å². The third kappa shape index (κ3) is 3.57. The van der Waals surface area contributed by atoms with Gasteiger partial charge in [-0.25, -0.2) is 0 Å². The minimum absolute atomic E-state index is 0.0873. The molecule has 0 N–H and O–H groups in total. The molecule has 1 aliphatic heterocycles. The van der Waals surface area contributed by atoms with Gasteiger partial charge in [-0.15, -0.1) is 0 Å². The van der Waals surface area contributed by atoms with Crippen molar-refractivity contribution in [3.63, 3.8) is 0 Å². The monoisotopic (exact) mass is 325 g/mol. The van der Waals surface area contributed by atoms with Crippen molar-refractivity contribution < 1.29 is 9.53 Å². The third-order valence-corrected chi connectivity index (χ3v) is 4.13. The van der Waals surface area contributed by atoms with Crippen molar-refractivity contribution in [2.75, 3.05) is 24.6 Å². The van der Waals surface area contributed by atoms with Gasteiger partial charge < -0.3 is 9.64 Å². The first-order chi connectivity index (χ1) is 9.11. The van der Waals surface area contributed by atoms with E-state index in [9.17, 15) is 4.79 Å². The van der Waals surface area contributed by atoms with E-state index < -0.39 is 0 Å². The molecule has 1 heterocycles. The van der Waals surface area contributed by atoms with Gasteiger partial charge in [-0.2, -0.15) is 0 Å². The molecule has 2 rings (SSSR count). The number of hydrogen-bond donors (Lipinski definition) is 0. The summed E-state index contributed by atoms with van der Waals surface area (Å²) in [4.78, 5) is 13.8. The molecule has 1 aliphatic rings. The SMILES string of the molecule is CCOC1CCCN(c2ccc(C(C)=O)c(Br)c2)C1. The van der Waals surface area contributed by atoms with Gasteiger partial charge in [0.05, 0.1) is 6.10 Å². The van der Waals surface area contributed by atoms with Crippen molar-refractivity contribution in [3.05, 3.63) is 28.2 Å². The quantitative estimate of drug-likeness (QED) is 0.791. The third-order valence-electron chi connectivity index (χ3n) is 3.48. The molecule has 0 amide bonds. The molecular formula is C15H20BrNO2. The van der Waals surface area contributed by atoms with E-state index in [2.05, 4.69) is 20.8 Å². The van der Waals surface area contributed by atoms with E-state index in [4.69, 9.17) is 4.74 Å². The van der Waals surface area contributed by atoms with Crippen molar-refractivity contribution in [3.8, 4) is 0 Å². The highest BCUT2D eigenvalue weighted by molar-refractivity contribution is 9.10. The average Bonchev–Trinajstić information content (AvgIpc) is 2.39. The molecule has 1 fully saturated rings. The number of Topliss-reactive ketones (excluding diaryl/α,β-unsaturated/α-hetero) is 1. The number of halogens is 1. The fourth-order valence-corrected chi connectivity index (χ4v) is 3.18. The van der Waals surface area contributed by atoms with Gasteiger partial charge in [-0.1, -0.05) is 0 Å². The van der Waals surface area contributed by atoms with E-state index in [0.717, 1.165) is 48.3 Å². The summed E-state index contributed by atoms with van der Waals surface area (Å²) < 4.78 is 6.59. The Labute approximate surface area is 123 Å². The molecule has 104 valence electrons. The normalized spacial score (nSPS) is 19.5. The van der Waals surface area contributed by atoms with Crippen LogP contribution in [0.2, 0.25) is 0 Å². The molecule has 1 saturated heterocycles. The van der Waals surface area contributed by atoms with Crippen molar-refractivity contribution in [2.45, 2.75) is 32.8 Å². The minimum atomic E-state index is 0.0873. The Morgan fingerprint density at radius 1 is 1.53 bits per heavy atom. The molecule has 0 saturated carbocycles. The molecule has 0 radical (unpaired) electrons. The summed E-state index contributed by atoms with van der Waals surface area (Å²) in [6.07, 6.45) is 2.61. The summed E-state index contributed by atoms with van der Waals surface area (Å²) in [6, 6.07) is 5.95. The number of carbonyl (C=O) groups excluding carboxylic acids is 1. The molecule has 0 aliphatic carbocycles. The van der Waals surface area contributed by atoms with Crippen LogP contribution < -0.4 is 4.90 Å². The number of ketones is 1. The molecule has 0 aromatic heterocycles. The molecule has 1 aromatic carbocycles. The van der Waals surface area contributed by atoms with Gasteiger partial charge in [0.2, 0.25) is 0 Å². The Bertz CT molecular complexity index is 459. The summed E-state index contributed by atoms with van der Waals surface area (Å²) in [5.74, 6) is 0.0873. The number of hydrogen-bond acceptors (Lipinski definition) is 3. The van der Waals surface area contributed by atoms with Crippen LogP contribution in [0.4, 0.5) is 5.69 Å². The summed E-state index contributed by atoms with van der Waals surface area (Å²) in [6.45, 7) is 6.38. The molecule has 19 heavy (non-hydrogen) atoms. The lowest BCUT2D eigenvalue weighted by Gasteiger charge is -2.34. The molecular weight excluding hydrogens is 306 g/mol. The number of benzene rings is 1. The van der Waals surface area contributed by atoms with Crippen LogP contribution in [0.5, 0.6) is 0 Å². The second-order valence-corrected chi connectivity index (χ2v) is 5.74. The molecule has 1 unspecified atom stereocenters. The summed E-state index contributed by atoms with van der Waals surface area (Å²) >= 11 is 3.48. The van der Waals surface area contributed by atoms with Gasteiger partial charge in [0, 0.05) is 35.4 Å². The van der Waals surface area contributed by atoms with Crippen molar-refractivity contribution >= 4 is 27.4 Å². The highest BCUT2D eigenvalue weighted by Crippen LogP contribution is 2.27. The molecule has 0 bridgehead atoms. The van der Waals surface area contributed by atoms with Gasteiger partial charge in [-0.05, 0) is 60.8 Å². The lowest BCUT2D eigenvalue weighted by Crippen LogP contribution is -2.39. The van der Waals surface area contributed by atoms with Crippen LogP contribution in [-0.4, -0.2) is 31.6 Å². The molecule has 0 spiro atoms. The first-order valence-corrected chi connectivity index (χ1v) is 7.58. The maximum Gasteiger partial charge on any atom is 0.160 e. The lowest BCUT2D eigenvalue weighted by atomic mass is 10.1. The zero-order valence-electron chi connectivity index (χ0n) is 11.5. The molecule has 4 heteroatoms. The van der Waals surface area contributed by atoms with E-state index in [0.29, 0.717) is 6.10 Å². The second kappa shape index (κ2) is 6.53. The number of ether oxygens (including phenoxy) is 1. The molecule has 1 atom stereocenters. The van der Waals surface area contributed by atoms with Crippen LogP contribution >= 0.6 is 15.9 Å². The highest BCUT2D eigenvalue weighted by atomic mass is 79.9. The van der Waals surface area contributed by atoms with Crippen molar-refractivity contribution in [2.24, 2.45) is 0 Å². The Kier molecular flexibility index (Phi) is 4.99. The predicted molar refractivity (Wildman–Crippen MR) is 81.0 cm³/mol. The predicted octanol–water partition coefficient (Wildman–Crippen LogP) is 3.66. The number of carbonyl (C=O) groups is 1. The van der Waals surface area contributed by atoms with Crippen LogP contribution in [0.3, 0.4) is 0 Å². The van der Waals surface area contributed by atoms with Gasteiger partial charge in [0.15, 0.2) is 5.78 Å². The minimum Gasteiger partial charge on any atom is -0.377 e. The number of rotatable bonds is 4. The summed E-state index contributed by atoms with van der Waals surface area (Å²) in [7, 11) is 0. The topological polar surface area (TPSA) is 29.5 Å². The van der Waals surface area contributed by atoms with Crippen LogP contribution in [0.25, 0.3) is 0 Å². The largest absolute Gasteiger partial charge is 0.377 e. The number of anilines is 1. The standard InChI is InChI=1S/C15H20BrNO2/c1-3-19-13-5-4-8-17(10-13)12-6-7-14(11(2)18)15(16)9-12/h6-7,9,13H,3-5,8,10H2,1-2H3. The van der Waals surface area contributed by atoms with Gasteiger partial charge in [0.25, 0.3) is 0 Å². The van der Waals surface area contributed by atoms with Gasteiger partial charge in [-0.3, -0.25) is 4.79 Å². The second-order valence-electron chi connectivity index (χ2n) is 4.89. The number of piperidine rings is 1. The van der Waals surface area contributed by atoms with Crippen LogP contribution in [-0.2, 0) is 4.74 Å². The smallest absolute Gasteiger partial charge is 0.160 e. The fraction of sp³-hybridized carbons (Fsp3) is 0.533. The van der Waals surface area contributed by atoms with Crippen molar-refractivity contribution in [1.82, 2.24) is 0 Å². The summed E-state index contributed by atoms with van der Waals surface area (Å²) in [5, 5.41) is 0.